The van der Waals surface area contributed by atoms with Gasteiger partial charge in [-0.15, -0.1) is 0 Å². The highest BCUT2D eigenvalue weighted by Crippen LogP contribution is 2.11. The third kappa shape index (κ3) is 4.06. The molecule has 0 unspecified atom stereocenters. The van der Waals surface area contributed by atoms with Crippen LogP contribution in [0.4, 0.5) is 5.69 Å². The van der Waals surface area contributed by atoms with Gasteiger partial charge in [0, 0.05) is 25.0 Å². The Kier molecular flexibility index (Phi) is 4.94. The molecule has 0 atom stereocenters. The zero-order chi connectivity index (χ0) is 15.2. The summed E-state index contributed by atoms with van der Waals surface area (Å²) in [6.07, 6.45) is 1.75. The third-order valence-electron chi connectivity index (χ3n) is 3.28. The van der Waals surface area contributed by atoms with Crippen LogP contribution in [0.2, 0.25) is 0 Å². The standard InChI is InChI=1S/C15H21N5O/c1-3-19(2)10-8-17-15(21)14-7-9-20(18-14)13-6-4-5-12(16)11-13/h4-7,9,11H,3,8,10,16H2,1-2H3,(H,17,21). The van der Waals surface area contributed by atoms with Crippen molar-refractivity contribution in [3.05, 3.63) is 42.2 Å². The number of carbonyl (C=O) groups is 1. The van der Waals surface area contributed by atoms with Crippen molar-refractivity contribution in [2.24, 2.45) is 0 Å². The maximum absolute atomic E-state index is 12.0. The summed E-state index contributed by atoms with van der Waals surface area (Å²) in [6, 6.07) is 9.06. The molecule has 0 radical (unpaired) electrons. The van der Waals surface area contributed by atoms with E-state index in [1.807, 2.05) is 31.3 Å². The van der Waals surface area contributed by atoms with Gasteiger partial charge in [0.2, 0.25) is 0 Å². The Hall–Kier alpha value is -2.34. The van der Waals surface area contributed by atoms with Crippen LogP contribution in [-0.4, -0.2) is 47.3 Å². The Morgan fingerprint density at radius 2 is 2.24 bits per heavy atom. The first kappa shape index (κ1) is 15.1. The number of likely N-dealkylation sites (N-methyl/N-ethyl adjacent to an activating group) is 1. The van der Waals surface area contributed by atoms with Crippen molar-refractivity contribution in [1.29, 1.82) is 0 Å². The van der Waals surface area contributed by atoms with E-state index in [2.05, 4.69) is 22.2 Å². The second-order valence-electron chi connectivity index (χ2n) is 4.89. The summed E-state index contributed by atoms with van der Waals surface area (Å²) in [6.45, 7) is 4.46. The Morgan fingerprint density at radius 3 is 2.95 bits per heavy atom. The van der Waals surface area contributed by atoms with Gasteiger partial charge in [0.15, 0.2) is 5.69 Å². The number of hydrogen-bond acceptors (Lipinski definition) is 4. The molecule has 6 nitrogen and oxygen atoms in total. The molecule has 3 N–H and O–H groups in total. The fraction of sp³-hybridized carbons (Fsp3) is 0.333. The van der Waals surface area contributed by atoms with Crippen LogP contribution in [0.5, 0.6) is 0 Å². The lowest BCUT2D eigenvalue weighted by atomic mass is 10.3. The Bertz CT molecular complexity index is 608. The average Bonchev–Trinajstić information content (AvgIpc) is 2.97. The molecular weight excluding hydrogens is 266 g/mol. The normalized spacial score (nSPS) is 10.8. The van der Waals surface area contributed by atoms with E-state index in [1.165, 1.54) is 0 Å². The molecule has 2 rings (SSSR count). The van der Waals surface area contributed by atoms with E-state index in [-0.39, 0.29) is 5.91 Å². The molecule has 0 aliphatic heterocycles. The molecule has 0 spiro atoms. The van der Waals surface area contributed by atoms with Crippen LogP contribution in [-0.2, 0) is 0 Å². The molecule has 1 heterocycles. The van der Waals surface area contributed by atoms with Gasteiger partial charge in [0.05, 0.1) is 5.69 Å². The minimum absolute atomic E-state index is 0.165. The summed E-state index contributed by atoms with van der Waals surface area (Å²) in [5.74, 6) is -0.165. The van der Waals surface area contributed by atoms with Crippen LogP contribution in [0.3, 0.4) is 0 Å². The van der Waals surface area contributed by atoms with Crippen LogP contribution in [0, 0.1) is 0 Å². The predicted molar refractivity (Wildman–Crippen MR) is 83.5 cm³/mol. The minimum atomic E-state index is -0.165. The van der Waals surface area contributed by atoms with Crippen molar-refractivity contribution in [2.75, 3.05) is 32.4 Å². The van der Waals surface area contributed by atoms with Crippen molar-refractivity contribution < 1.29 is 4.79 Å². The van der Waals surface area contributed by atoms with E-state index in [4.69, 9.17) is 5.73 Å². The lowest BCUT2D eigenvalue weighted by Crippen LogP contribution is -2.33. The fourth-order valence-corrected chi connectivity index (χ4v) is 1.87. The molecule has 0 bridgehead atoms. The van der Waals surface area contributed by atoms with Gasteiger partial charge in [0.25, 0.3) is 5.91 Å². The second-order valence-corrected chi connectivity index (χ2v) is 4.89. The number of rotatable bonds is 6. The lowest BCUT2D eigenvalue weighted by molar-refractivity contribution is 0.0944. The maximum Gasteiger partial charge on any atom is 0.271 e. The van der Waals surface area contributed by atoms with Gasteiger partial charge in [-0.1, -0.05) is 13.0 Å². The number of nitrogens with one attached hydrogen (secondary N) is 1. The SMILES string of the molecule is CCN(C)CCNC(=O)c1ccn(-c2cccc(N)c2)n1. The van der Waals surface area contributed by atoms with E-state index in [0.717, 1.165) is 18.8 Å². The van der Waals surface area contributed by atoms with Gasteiger partial charge >= 0.3 is 0 Å². The van der Waals surface area contributed by atoms with E-state index in [1.54, 1.807) is 16.9 Å². The number of amides is 1. The molecule has 0 aliphatic rings. The monoisotopic (exact) mass is 287 g/mol. The van der Waals surface area contributed by atoms with Gasteiger partial charge in [0.1, 0.15) is 0 Å². The van der Waals surface area contributed by atoms with Crippen LogP contribution in [0.25, 0.3) is 5.69 Å². The lowest BCUT2D eigenvalue weighted by Gasteiger charge is -2.13. The highest BCUT2D eigenvalue weighted by molar-refractivity contribution is 5.92. The molecule has 0 saturated carbocycles. The van der Waals surface area contributed by atoms with Crippen molar-refractivity contribution in [2.45, 2.75) is 6.92 Å². The summed E-state index contributed by atoms with van der Waals surface area (Å²) in [5.41, 5.74) is 7.64. The first-order valence-electron chi connectivity index (χ1n) is 6.98. The molecular formula is C15H21N5O. The zero-order valence-electron chi connectivity index (χ0n) is 12.4. The van der Waals surface area contributed by atoms with E-state index < -0.39 is 0 Å². The number of aromatic nitrogens is 2. The van der Waals surface area contributed by atoms with Crippen molar-refractivity contribution in [3.8, 4) is 5.69 Å². The molecule has 2 aromatic rings. The molecule has 1 aromatic carbocycles. The summed E-state index contributed by atoms with van der Waals surface area (Å²) >= 11 is 0. The number of nitrogens with two attached hydrogens (primary N) is 1. The summed E-state index contributed by atoms with van der Waals surface area (Å²) < 4.78 is 1.64. The molecule has 112 valence electrons. The van der Waals surface area contributed by atoms with E-state index in [9.17, 15) is 4.79 Å². The van der Waals surface area contributed by atoms with Gasteiger partial charge in [-0.25, -0.2) is 4.68 Å². The smallest absolute Gasteiger partial charge is 0.271 e. The molecule has 1 aromatic heterocycles. The summed E-state index contributed by atoms with van der Waals surface area (Å²) in [7, 11) is 2.01. The summed E-state index contributed by atoms with van der Waals surface area (Å²) in [4.78, 5) is 14.1. The third-order valence-corrected chi connectivity index (χ3v) is 3.28. The number of benzene rings is 1. The highest BCUT2D eigenvalue weighted by atomic mass is 16.1. The zero-order valence-corrected chi connectivity index (χ0v) is 12.4. The van der Waals surface area contributed by atoms with Gasteiger partial charge in [-0.2, -0.15) is 5.10 Å². The van der Waals surface area contributed by atoms with Gasteiger partial charge in [-0.05, 0) is 37.9 Å². The molecule has 21 heavy (non-hydrogen) atoms. The summed E-state index contributed by atoms with van der Waals surface area (Å²) in [5, 5.41) is 7.13. The van der Waals surface area contributed by atoms with Crippen LogP contribution < -0.4 is 11.1 Å². The second kappa shape index (κ2) is 6.90. The van der Waals surface area contributed by atoms with Crippen molar-refractivity contribution >= 4 is 11.6 Å². The van der Waals surface area contributed by atoms with Crippen molar-refractivity contribution in [1.82, 2.24) is 20.0 Å². The minimum Gasteiger partial charge on any atom is -0.399 e. The van der Waals surface area contributed by atoms with Gasteiger partial charge in [-0.3, -0.25) is 4.79 Å². The number of nitrogens with zero attached hydrogens (tertiary/aromatic N) is 3. The molecule has 0 aliphatic carbocycles. The van der Waals surface area contributed by atoms with Crippen LogP contribution in [0.1, 0.15) is 17.4 Å². The number of nitrogen functional groups attached to an aromatic ring is 1. The molecule has 6 heteroatoms. The van der Waals surface area contributed by atoms with E-state index >= 15 is 0 Å². The average molecular weight is 287 g/mol. The largest absolute Gasteiger partial charge is 0.399 e. The first-order valence-corrected chi connectivity index (χ1v) is 6.98. The Morgan fingerprint density at radius 1 is 1.43 bits per heavy atom. The number of hydrogen-bond donors (Lipinski definition) is 2. The first-order chi connectivity index (χ1) is 10.1. The Balaban J connectivity index is 1.98. The van der Waals surface area contributed by atoms with Crippen LogP contribution >= 0.6 is 0 Å². The van der Waals surface area contributed by atoms with Crippen LogP contribution in [0.15, 0.2) is 36.5 Å². The fourth-order valence-electron chi connectivity index (χ4n) is 1.87. The predicted octanol–water partition coefficient (Wildman–Crippen LogP) is 1.14. The maximum atomic E-state index is 12.0. The molecule has 0 saturated heterocycles. The number of anilines is 1. The highest BCUT2D eigenvalue weighted by Gasteiger charge is 2.10. The topological polar surface area (TPSA) is 76.2 Å². The van der Waals surface area contributed by atoms with Gasteiger partial charge < -0.3 is 16.0 Å². The molecule has 0 fully saturated rings. The number of carbonyl (C=O) groups excluding carboxylic acids is 1. The van der Waals surface area contributed by atoms with E-state index in [0.29, 0.717) is 17.9 Å². The Labute approximate surface area is 124 Å². The molecule has 1 amide bonds. The quantitative estimate of drug-likeness (QED) is 0.781. The van der Waals surface area contributed by atoms with Crippen molar-refractivity contribution in [3.63, 3.8) is 0 Å².